The second-order valence-corrected chi connectivity index (χ2v) is 12.4. The van der Waals surface area contributed by atoms with Gasteiger partial charge in [0, 0.05) is 46.5 Å². The zero-order valence-corrected chi connectivity index (χ0v) is 27.2. The van der Waals surface area contributed by atoms with Crippen LogP contribution in [0.1, 0.15) is 0 Å². The van der Waals surface area contributed by atoms with E-state index in [0.717, 1.165) is 0 Å². The second kappa shape index (κ2) is 12.6. The van der Waals surface area contributed by atoms with E-state index in [1.807, 2.05) is 0 Å². The smallest absolute Gasteiger partial charge is 0.194 e. The second-order valence-electron chi connectivity index (χ2n) is 12.4. The van der Waals surface area contributed by atoms with Gasteiger partial charge in [0.15, 0.2) is 0 Å². The summed E-state index contributed by atoms with van der Waals surface area (Å²) in [6.45, 7) is 0. The molecule has 0 amide bonds. The number of pyridine rings is 2. The first kappa shape index (κ1) is 29.3. The fourth-order valence-corrected chi connectivity index (χ4v) is 6.80. The highest BCUT2D eigenvalue weighted by atomic mass is 15.0. The molecule has 2 heteroatoms. The molecule has 8 rings (SSSR count). The molecule has 0 saturated heterocycles. The SMILES string of the molecule is C[n+]1c(-c2ccccc2)cc(-c2ccc3cc(-c4cc(-c5ccccc5)[n+](C)c(-c5ccccc5)c4)cc-3cc2)cc1-c1ccccc1. The highest BCUT2D eigenvalue weighted by Gasteiger charge is 2.22. The predicted octanol–water partition coefficient (Wildman–Crippen LogP) is 10.4. The number of aromatic nitrogens is 2. The highest BCUT2D eigenvalue weighted by Crippen LogP contribution is 2.36. The largest absolute Gasteiger partial charge is 0.213 e. The van der Waals surface area contributed by atoms with Gasteiger partial charge >= 0.3 is 0 Å². The zero-order valence-electron chi connectivity index (χ0n) is 27.2. The molecule has 228 valence electrons. The molecule has 2 aliphatic rings. The van der Waals surface area contributed by atoms with Crippen LogP contribution in [0.4, 0.5) is 0 Å². The Hall–Kier alpha value is -6.12. The summed E-state index contributed by atoms with van der Waals surface area (Å²) in [4.78, 5) is 0. The van der Waals surface area contributed by atoms with Crippen LogP contribution in [-0.4, -0.2) is 0 Å². The van der Waals surface area contributed by atoms with Crippen molar-refractivity contribution in [2.75, 3.05) is 0 Å². The molecule has 0 radical (unpaired) electrons. The predicted molar refractivity (Wildman–Crippen MR) is 198 cm³/mol. The number of hydrogen-bond donors (Lipinski definition) is 0. The molecular weight excluding hydrogens is 581 g/mol. The first-order valence-electron chi connectivity index (χ1n) is 16.5. The molecule has 48 heavy (non-hydrogen) atoms. The fraction of sp³-hybridized carbons (Fsp3) is 0.0435. The molecule has 0 fully saturated rings. The summed E-state index contributed by atoms with van der Waals surface area (Å²) in [5, 5.41) is 0. The average molecular weight is 617 g/mol. The Morgan fingerprint density at radius 2 is 0.479 bits per heavy atom. The van der Waals surface area contributed by atoms with Gasteiger partial charge in [-0.2, -0.15) is 9.13 Å². The Morgan fingerprint density at radius 1 is 0.229 bits per heavy atom. The van der Waals surface area contributed by atoms with Crippen LogP contribution in [-0.2, 0) is 14.1 Å². The van der Waals surface area contributed by atoms with Crippen LogP contribution in [0.25, 0.3) is 78.4 Å². The maximum absolute atomic E-state index is 2.33. The van der Waals surface area contributed by atoms with E-state index in [2.05, 4.69) is 205 Å². The standard InChI is InChI=1S/C46H36N2/c1-47-43(34-15-7-3-8-16-34)29-41(30-44(47)35-17-9-4-10-18-35)33-23-25-38-27-40(28-39(38)26-24-33)42-31-45(36-19-11-5-12-20-36)48(2)46(32-42)37-21-13-6-14-22-37/h3-32H,1-2H3/q+2. The third-order valence-electron chi connectivity index (χ3n) is 9.40. The van der Waals surface area contributed by atoms with E-state index in [-0.39, 0.29) is 0 Å². The van der Waals surface area contributed by atoms with Gasteiger partial charge in [0.05, 0.1) is 0 Å². The number of benzene rings is 4. The maximum atomic E-state index is 2.33. The van der Waals surface area contributed by atoms with E-state index in [4.69, 9.17) is 0 Å². The summed E-state index contributed by atoms with van der Waals surface area (Å²) in [6.07, 6.45) is 0. The average Bonchev–Trinajstić information content (AvgIpc) is 3.46. The third-order valence-corrected chi connectivity index (χ3v) is 9.40. The van der Waals surface area contributed by atoms with Crippen LogP contribution in [0.3, 0.4) is 0 Å². The van der Waals surface area contributed by atoms with Crippen molar-refractivity contribution >= 4 is 0 Å². The molecule has 0 saturated carbocycles. The van der Waals surface area contributed by atoms with Crippen molar-refractivity contribution in [3.05, 3.63) is 182 Å². The normalized spacial score (nSPS) is 11.1. The summed E-state index contributed by atoms with van der Waals surface area (Å²) in [6, 6.07) is 65.6. The molecule has 2 heterocycles. The zero-order chi connectivity index (χ0) is 32.5. The number of fused-ring (bicyclic) bond motifs is 1. The summed E-state index contributed by atoms with van der Waals surface area (Å²) in [7, 11) is 4.32. The molecule has 6 aromatic rings. The molecule has 0 bridgehead atoms. The van der Waals surface area contributed by atoms with E-state index in [1.54, 1.807) is 0 Å². The van der Waals surface area contributed by atoms with Gasteiger partial charge in [0.1, 0.15) is 14.1 Å². The highest BCUT2D eigenvalue weighted by molar-refractivity contribution is 5.84. The lowest BCUT2D eigenvalue weighted by atomic mass is 10.00. The molecule has 2 nitrogen and oxygen atoms in total. The van der Waals surface area contributed by atoms with E-state index < -0.39 is 0 Å². The lowest BCUT2D eigenvalue weighted by Crippen LogP contribution is -2.34. The molecule has 0 aliphatic heterocycles. The van der Waals surface area contributed by atoms with Crippen LogP contribution < -0.4 is 9.13 Å². The minimum absolute atomic E-state index is 1.18. The Morgan fingerprint density at radius 3 is 0.792 bits per heavy atom. The van der Waals surface area contributed by atoms with Gasteiger partial charge in [0.25, 0.3) is 0 Å². The van der Waals surface area contributed by atoms with E-state index >= 15 is 0 Å². The van der Waals surface area contributed by atoms with Crippen LogP contribution in [0.5, 0.6) is 0 Å². The molecule has 2 aromatic heterocycles. The van der Waals surface area contributed by atoms with Crippen molar-refractivity contribution in [1.29, 1.82) is 0 Å². The third kappa shape index (κ3) is 5.59. The molecule has 0 unspecified atom stereocenters. The first-order chi connectivity index (χ1) is 23.6. The van der Waals surface area contributed by atoms with E-state index in [0.29, 0.717) is 0 Å². The van der Waals surface area contributed by atoms with Crippen molar-refractivity contribution < 1.29 is 9.13 Å². The van der Waals surface area contributed by atoms with Crippen LogP contribution >= 0.6 is 0 Å². The Labute approximate surface area is 282 Å². The van der Waals surface area contributed by atoms with Gasteiger partial charge in [-0.25, -0.2) is 0 Å². The number of nitrogens with zero attached hydrogens (tertiary/aromatic N) is 2. The number of hydrogen-bond acceptors (Lipinski definition) is 0. The lowest BCUT2D eigenvalue weighted by molar-refractivity contribution is -0.649. The van der Waals surface area contributed by atoms with Gasteiger partial charge in [-0.05, 0) is 94.0 Å². The minimum Gasteiger partial charge on any atom is -0.194 e. The first-order valence-corrected chi connectivity index (χ1v) is 16.5. The summed E-state index contributed by atoms with van der Waals surface area (Å²) >= 11 is 0. The van der Waals surface area contributed by atoms with Crippen molar-refractivity contribution in [3.8, 4) is 78.4 Å². The molecular formula is C46H36N2+2. The van der Waals surface area contributed by atoms with Gasteiger partial charge in [0.2, 0.25) is 22.8 Å². The minimum atomic E-state index is 1.18. The molecule has 0 spiro atoms. The monoisotopic (exact) mass is 616 g/mol. The van der Waals surface area contributed by atoms with Crippen molar-refractivity contribution in [3.63, 3.8) is 0 Å². The van der Waals surface area contributed by atoms with Crippen LogP contribution in [0.15, 0.2) is 182 Å². The Kier molecular flexibility index (Phi) is 7.68. The Bertz CT molecular complexity index is 2040. The van der Waals surface area contributed by atoms with Crippen molar-refractivity contribution in [1.82, 2.24) is 0 Å². The molecule has 0 atom stereocenters. The van der Waals surface area contributed by atoms with Gasteiger partial charge < -0.3 is 0 Å². The topological polar surface area (TPSA) is 7.76 Å². The lowest BCUT2D eigenvalue weighted by Gasteiger charge is -2.09. The van der Waals surface area contributed by atoms with Gasteiger partial charge in [-0.1, -0.05) is 97.1 Å². The molecule has 0 N–H and O–H groups in total. The van der Waals surface area contributed by atoms with Crippen molar-refractivity contribution in [2.24, 2.45) is 14.1 Å². The van der Waals surface area contributed by atoms with Crippen LogP contribution in [0, 0.1) is 0 Å². The summed E-state index contributed by atoms with van der Waals surface area (Å²) in [5.74, 6) is 0. The van der Waals surface area contributed by atoms with Crippen molar-refractivity contribution in [2.45, 2.75) is 0 Å². The maximum Gasteiger partial charge on any atom is 0.213 e. The summed E-state index contributed by atoms with van der Waals surface area (Å²) in [5.41, 5.74) is 16.8. The molecule has 4 aromatic carbocycles. The Balaban J connectivity index is 1.24. The van der Waals surface area contributed by atoms with Crippen LogP contribution in [0.2, 0.25) is 0 Å². The van der Waals surface area contributed by atoms with Gasteiger partial charge in [-0.3, -0.25) is 0 Å². The summed E-state index contributed by atoms with van der Waals surface area (Å²) < 4.78 is 4.60. The van der Waals surface area contributed by atoms with E-state index in [1.165, 1.54) is 78.4 Å². The fourth-order valence-electron chi connectivity index (χ4n) is 6.80. The number of rotatable bonds is 6. The quantitative estimate of drug-likeness (QED) is 0.164. The van der Waals surface area contributed by atoms with Gasteiger partial charge in [-0.15, -0.1) is 0 Å². The molecule has 2 aliphatic carbocycles. The van der Waals surface area contributed by atoms with E-state index in [9.17, 15) is 0 Å².